The zero-order valence-corrected chi connectivity index (χ0v) is 16.7. The molecule has 1 amide bonds. The van der Waals surface area contributed by atoms with E-state index in [-0.39, 0.29) is 23.4 Å². The van der Waals surface area contributed by atoms with E-state index in [2.05, 4.69) is 25.6 Å². The van der Waals surface area contributed by atoms with Crippen molar-refractivity contribution < 1.29 is 18.0 Å². The molecule has 9 heteroatoms. The number of hydrogen-bond donors (Lipinski definition) is 2. The Morgan fingerprint density at radius 1 is 1.06 bits per heavy atom. The maximum Gasteiger partial charge on any atom is 0.416 e. The number of alkyl halides is 3. The van der Waals surface area contributed by atoms with Crippen LogP contribution in [0.5, 0.6) is 0 Å². The quantitative estimate of drug-likeness (QED) is 0.621. The molecule has 2 aromatic carbocycles. The van der Waals surface area contributed by atoms with Gasteiger partial charge in [-0.05, 0) is 36.2 Å². The first-order chi connectivity index (χ1) is 14.7. The third kappa shape index (κ3) is 4.25. The normalized spacial score (nSPS) is 13.7. The zero-order valence-electron chi connectivity index (χ0n) is 16.7. The van der Waals surface area contributed by atoms with Crippen molar-refractivity contribution in [3.8, 4) is 11.3 Å². The molecule has 0 bridgehead atoms. The van der Waals surface area contributed by atoms with Gasteiger partial charge in [0.05, 0.1) is 34.8 Å². The van der Waals surface area contributed by atoms with Crippen molar-refractivity contribution in [2.24, 2.45) is 4.99 Å². The molecule has 3 aromatic rings. The van der Waals surface area contributed by atoms with Gasteiger partial charge in [-0.3, -0.25) is 9.79 Å². The van der Waals surface area contributed by atoms with Crippen molar-refractivity contribution in [1.82, 2.24) is 9.97 Å². The smallest absolute Gasteiger partial charge is 0.373 e. The molecule has 1 aliphatic rings. The number of rotatable bonds is 3. The van der Waals surface area contributed by atoms with Crippen molar-refractivity contribution >= 4 is 28.8 Å². The molecule has 6 nitrogen and oxygen atoms in total. The van der Waals surface area contributed by atoms with Crippen molar-refractivity contribution in [2.45, 2.75) is 19.5 Å². The van der Waals surface area contributed by atoms with E-state index in [0.717, 1.165) is 11.6 Å². The fraction of sp³-hybridized carbons (Fsp3) is 0.182. The van der Waals surface area contributed by atoms with E-state index in [4.69, 9.17) is 0 Å². The van der Waals surface area contributed by atoms with Gasteiger partial charge in [0.2, 0.25) is 5.91 Å². The summed E-state index contributed by atoms with van der Waals surface area (Å²) >= 11 is 0. The van der Waals surface area contributed by atoms with Crippen LogP contribution in [0.15, 0.2) is 53.8 Å². The van der Waals surface area contributed by atoms with E-state index >= 15 is 0 Å². The predicted molar refractivity (Wildman–Crippen MR) is 113 cm³/mol. The number of nitrogens with one attached hydrogen (secondary N) is 2. The van der Waals surface area contributed by atoms with Crippen LogP contribution >= 0.6 is 0 Å². The average molecular weight is 425 g/mol. The SMILES string of the molecule is CNc1cc(-c2cccc(C3=Nc4cc(C)c(C(F)(F)F)cc4NC(=O)C3)c2)ncn1. The Labute approximate surface area is 176 Å². The molecule has 31 heavy (non-hydrogen) atoms. The molecule has 0 fully saturated rings. The molecule has 0 saturated heterocycles. The Hall–Kier alpha value is -3.75. The summed E-state index contributed by atoms with van der Waals surface area (Å²) in [5, 5.41) is 5.49. The number of benzene rings is 2. The minimum absolute atomic E-state index is 0.0415. The Morgan fingerprint density at radius 3 is 2.58 bits per heavy atom. The number of fused-ring (bicyclic) bond motifs is 1. The molecular weight excluding hydrogens is 407 g/mol. The lowest BCUT2D eigenvalue weighted by Gasteiger charge is -2.13. The van der Waals surface area contributed by atoms with E-state index in [9.17, 15) is 18.0 Å². The molecule has 1 aliphatic heterocycles. The highest BCUT2D eigenvalue weighted by molar-refractivity contribution is 6.17. The maximum atomic E-state index is 13.3. The van der Waals surface area contributed by atoms with Crippen molar-refractivity contribution in [3.05, 3.63) is 65.5 Å². The van der Waals surface area contributed by atoms with E-state index in [1.807, 2.05) is 18.2 Å². The van der Waals surface area contributed by atoms with Gasteiger partial charge in [-0.15, -0.1) is 0 Å². The monoisotopic (exact) mass is 425 g/mol. The number of carbonyl (C=O) groups is 1. The van der Waals surface area contributed by atoms with E-state index in [1.165, 1.54) is 19.3 Å². The number of halogens is 3. The highest BCUT2D eigenvalue weighted by Crippen LogP contribution is 2.39. The van der Waals surface area contributed by atoms with Gasteiger partial charge in [-0.2, -0.15) is 13.2 Å². The number of nitrogens with zero attached hydrogens (tertiary/aromatic N) is 3. The van der Waals surface area contributed by atoms with Crippen LogP contribution in [0.3, 0.4) is 0 Å². The van der Waals surface area contributed by atoms with Crippen LogP contribution in [0.2, 0.25) is 0 Å². The van der Waals surface area contributed by atoms with Crippen LogP contribution in [0.4, 0.5) is 30.4 Å². The van der Waals surface area contributed by atoms with Gasteiger partial charge in [0.1, 0.15) is 12.1 Å². The highest BCUT2D eigenvalue weighted by atomic mass is 19.4. The van der Waals surface area contributed by atoms with Gasteiger partial charge < -0.3 is 10.6 Å². The topological polar surface area (TPSA) is 79.3 Å². The molecule has 2 heterocycles. The Balaban J connectivity index is 1.78. The molecule has 0 radical (unpaired) electrons. The fourth-order valence-electron chi connectivity index (χ4n) is 3.40. The van der Waals surface area contributed by atoms with Crippen LogP contribution in [0, 0.1) is 6.92 Å². The van der Waals surface area contributed by atoms with E-state index in [0.29, 0.717) is 22.8 Å². The van der Waals surface area contributed by atoms with Crippen LogP contribution in [0.1, 0.15) is 23.1 Å². The Bertz CT molecular complexity index is 1200. The van der Waals surface area contributed by atoms with Crippen molar-refractivity contribution in [3.63, 3.8) is 0 Å². The lowest BCUT2D eigenvalue weighted by atomic mass is 10.0. The summed E-state index contributed by atoms with van der Waals surface area (Å²) < 4.78 is 39.8. The van der Waals surface area contributed by atoms with Crippen LogP contribution in [0.25, 0.3) is 11.3 Å². The summed E-state index contributed by atoms with van der Waals surface area (Å²) in [7, 11) is 1.75. The summed E-state index contributed by atoms with van der Waals surface area (Å²) in [6.45, 7) is 1.38. The predicted octanol–water partition coefficient (Wildman–Crippen LogP) is 4.98. The van der Waals surface area contributed by atoms with Gasteiger partial charge >= 0.3 is 6.18 Å². The summed E-state index contributed by atoms with van der Waals surface area (Å²) in [5.41, 5.74) is 2.21. The van der Waals surface area contributed by atoms with Gasteiger partial charge in [-0.25, -0.2) is 9.97 Å². The van der Waals surface area contributed by atoms with Gasteiger partial charge in [-0.1, -0.05) is 18.2 Å². The zero-order chi connectivity index (χ0) is 22.2. The second-order valence-corrected chi connectivity index (χ2v) is 7.08. The maximum absolute atomic E-state index is 13.3. The summed E-state index contributed by atoms with van der Waals surface area (Å²) in [4.78, 5) is 25.3. The van der Waals surface area contributed by atoms with Crippen LogP contribution in [-0.2, 0) is 11.0 Å². The average Bonchev–Trinajstić information content (AvgIpc) is 2.90. The first-order valence-electron chi connectivity index (χ1n) is 9.44. The number of aryl methyl sites for hydroxylation is 1. The summed E-state index contributed by atoms with van der Waals surface area (Å²) in [5.74, 6) is 0.228. The molecule has 158 valence electrons. The second kappa shape index (κ2) is 7.82. The minimum atomic E-state index is -4.51. The highest BCUT2D eigenvalue weighted by Gasteiger charge is 2.34. The van der Waals surface area contributed by atoms with Crippen LogP contribution in [-0.4, -0.2) is 28.6 Å². The molecule has 1 aromatic heterocycles. The fourth-order valence-corrected chi connectivity index (χ4v) is 3.40. The van der Waals surface area contributed by atoms with Crippen LogP contribution < -0.4 is 10.6 Å². The third-order valence-corrected chi connectivity index (χ3v) is 4.92. The van der Waals surface area contributed by atoms with E-state index < -0.39 is 17.6 Å². The summed E-state index contributed by atoms with van der Waals surface area (Å²) in [6.07, 6.45) is -3.13. The van der Waals surface area contributed by atoms with Crippen molar-refractivity contribution in [1.29, 1.82) is 0 Å². The largest absolute Gasteiger partial charge is 0.416 e. The second-order valence-electron chi connectivity index (χ2n) is 7.08. The number of amides is 1. The van der Waals surface area contributed by atoms with Gasteiger partial charge in [0, 0.05) is 18.7 Å². The van der Waals surface area contributed by atoms with Gasteiger partial charge in [0.25, 0.3) is 0 Å². The number of anilines is 2. The first-order valence-corrected chi connectivity index (χ1v) is 9.44. The molecule has 0 aliphatic carbocycles. The molecule has 4 rings (SSSR count). The number of aliphatic imine (C=N–C) groups is 1. The molecular formula is C22H18F3N5O. The lowest BCUT2D eigenvalue weighted by molar-refractivity contribution is -0.138. The molecule has 0 atom stereocenters. The Morgan fingerprint density at radius 2 is 1.84 bits per heavy atom. The number of carbonyl (C=O) groups excluding carboxylic acids is 1. The van der Waals surface area contributed by atoms with Gasteiger partial charge in [0.15, 0.2) is 0 Å². The number of hydrogen-bond acceptors (Lipinski definition) is 5. The minimum Gasteiger partial charge on any atom is -0.373 e. The summed E-state index contributed by atoms with van der Waals surface area (Å²) in [6, 6.07) is 11.4. The third-order valence-electron chi connectivity index (χ3n) is 4.92. The van der Waals surface area contributed by atoms with Crippen molar-refractivity contribution in [2.75, 3.05) is 17.7 Å². The standard InChI is InChI=1S/C22H18F3N5O/c1-12-6-18-19(8-15(12)22(23,24)25)30-21(31)10-17(29-18)14-5-3-4-13(7-14)16-9-20(26-2)28-11-27-16/h3-9,11H,10H2,1-2H3,(H,30,31)(H,26,27,28). The Kier molecular flexibility index (Phi) is 5.18. The molecule has 0 saturated carbocycles. The van der Waals surface area contributed by atoms with E-state index in [1.54, 1.807) is 19.2 Å². The molecule has 2 N–H and O–H groups in total. The first kappa shape index (κ1) is 20.5. The lowest BCUT2D eigenvalue weighted by Crippen LogP contribution is -2.15. The molecule has 0 spiro atoms. The number of aromatic nitrogens is 2. The molecule has 0 unspecified atom stereocenters.